The smallest absolute Gasteiger partial charge is 0.242 e. The molecule has 3 rings (SSSR count). The maximum atomic E-state index is 12.6. The molecular formula is C16H22N6O. The van der Waals surface area contributed by atoms with Crippen LogP contribution in [0.2, 0.25) is 0 Å². The van der Waals surface area contributed by atoms with E-state index in [9.17, 15) is 4.79 Å². The number of anilines is 1. The van der Waals surface area contributed by atoms with Gasteiger partial charge in [0.05, 0.1) is 12.6 Å². The minimum atomic E-state index is -0.140. The normalized spacial score (nSPS) is 18.3. The first kappa shape index (κ1) is 15.6. The van der Waals surface area contributed by atoms with E-state index in [1.165, 1.54) is 0 Å². The van der Waals surface area contributed by atoms with E-state index in [-0.39, 0.29) is 11.9 Å². The fraction of sp³-hybridized carbons (Fsp3) is 0.500. The third-order valence-corrected chi connectivity index (χ3v) is 4.15. The van der Waals surface area contributed by atoms with Crippen LogP contribution in [0.15, 0.2) is 24.5 Å². The molecule has 1 saturated heterocycles. The van der Waals surface area contributed by atoms with Crippen LogP contribution in [-0.4, -0.2) is 43.1 Å². The second kappa shape index (κ2) is 6.87. The van der Waals surface area contributed by atoms with Crippen LogP contribution < -0.4 is 5.32 Å². The molecule has 122 valence electrons. The molecule has 7 heteroatoms. The third kappa shape index (κ3) is 3.56. The van der Waals surface area contributed by atoms with Crippen LogP contribution in [0.25, 0.3) is 0 Å². The Kier molecular flexibility index (Phi) is 4.66. The van der Waals surface area contributed by atoms with E-state index in [1.54, 1.807) is 6.33 Å². The molecule has 7 nitrogen and oxygen atoms in total. The van der Waals surface area contributed by atoms with Gasteiger partial charge in [0.2, 0.25) is 5.91 Å². The second-order valence-electron chi connectivity index (χ2n) is 5.77. The van der Waals surface area contributed by atoms with Crippen LogP contribution >= 0.6 is 0 Å². The van der Waals surface area contributed by atoms with Gasteiger partial charge in [0.15, 0.2) is 0 Å². The van der Waals surface area contributed by atoms with E-state index < -0.39 is 0 Å². The second-order valence-corrected chi connectivity index (χ2v) is 5.77. The molecular weight excluding hydrogens is 292 g/mol. The van der Waals surface area contributed by atoms with Crippen LogP contribution in [0.5, 0.6) is 0 Å². The van der Waals surface area contributed by atoms with Crippen LogP contribution in [-0.2, 0) is 17.9 Å². The highest BCUT2D eigenvalue weighted by Crippen LogP contribution is 2.21. The zero-order valence-corrected chi connectivity index (χ0v) is 13.6. The van der Waals surface area contributed by atoms with Crippen molar-refractivity contribution in [1.82, 2.24) is 24.6 Å². The lowest BCUT2D eigenvalue weighted by Crippen LogP contribution is -2.39. The van der Waals surface area contributed by atoms with Gasteiger partial charge in [-0.15, -0.1) is 0 Å². The topological polar surface area (TPSA) is 75.9 Å². The molecule has 1 fully saturated rings. The fourth-order valence-corrected chi connectivity index (χ4v) is 2.99. The fourth-order valence-electron chi connectivity index (χ4n) is 2.99. The van der Waals surface area contributed by atoms with E-state index in [4.69, 9.17) is 0 Å². The summed E-state index contributed by atoms with van der Waals surface area (Å²) in [5.74, 6) is 1.52. The van der Waals surface area contributed by atoms with Gasteiger partial charge in [0.1, 0.15) is 18.0 Å². The molecule has 1 N–H and O–H groups in total. The molecule has 0 aromatic carbocycles. The zero-order valence-electron chi connectivity index (χ0n) is 13.6. The SMILES string of the molecule is CCn1ncnc1CN1CCC[C@H]1C(=O)Nc1cccc(C)n1. The Balaban J connectivity index is 1.67. The number of carbonyl (C=O) groups excluding carboxylic acids is 1. The van der Waals surface area contributed by atoms with Crippen molar-refractivity contribution < 1.29 is 4.79 Å². The van der Waals surface area contributed by atoms with Crippen LogP contribution in [0.1, 0.15) is 31.3 Å². The predicted octanol–water partition coefficient (Wildman–Crippen LogP) is 1.60. The summed E-state index contributed by atoms with van der Waals surface area (Å²) in [5.41, 5.74) is 0.891. The van der Waals surface area contributed by atoms with Crippen molar-refractivity contribution in [3.63, 3.8) is 0 Å². The van der Waals surface area contributed by atoms with E-state index in [0.29, 0.717) is 12.4 Å². The highest BCUT2D eigenvalue weighted by molar-refractivity contribution is 5.94. The van der Waals surface area contributed by atoms with Gasteiger partial charge in [0.25, 0.3) is 0 Å². The predicted molar refractivity (Wildman–Crippen MR) is 86.7 cm³/mol. The number of aromatic nitrogens is 4. The lowest BCUT2D eigenvalue weighted by Gasteiger charge is -2.23. The molecule has 0 spiro atoms. The number of pyridine rings is 1. The van der Waals surface area contributed by atoms with Crippen LogP contribution in [0, 0.1) is 6.92 Å². The van der Waals surface area contributed by atoms with E-state index in [1.807, 2.05) is 36.7 Å². The monoisotopic (exact) mass is 314 g/mol. The maximum Gasteiger partial charge on any atom is 0.242 e. The molecule has 0 aliphatic carbocycles. The summed E-state index contributed by atoms with van der Waals surface area (Å²) in [4.78, 5) is 23.4. The van der Waals surface area contributed by atoms with Gasteiger partial charge in [-0.2, -0.15) is 5.10 Å². The highest BCUT2D eigenvalue weighted by atomic mass is 16.2. The number of amides is 1. The number of carbonyl (C=O) groups is 1. The minimum absolute atomic E-state index is 0.00293. The largest absolute Gasteiger partial charge is 0.309 e. The van der Waals surface area contributed by atoms with Crippen molar-refractivity contribution >= 4 is 11.7 Å². The van der Waals surface area contributed by atoms with E-state index in [2.05, 4.69) is 25.3 Å². The van der Waals surface area contributed by atoms with E-state index >= 15 is 0 Å². The molecule has 0 bridgehead atoms. The Bertz CT molecular complexity index is 683. The van der Waals surface area contributed by atoms with Gasteiger partial charge >= 0.3 is 0 Å². The van der Waals surface area contributed by atoms with Crippen molar-refractivity contribution in [1.29, 1.82) is 0 Å². The first-order chi connectivity index (χ1) is 11.2. The third-order valence-electron chi connectivity index (χ3n) is 4.15. The van der Waals surface area contributed by atoms with Gasteiger partial charge in [-0.25, -0.2) is 14.6 Å². The lowest BCUT2D eigenvalue weighted by molar-refractivity contribution is -0.120. The molecule has 23 heavy (non-hydrogen) atoms. The van der Waals surface area contributed by atoms with Crippen LogP contribution in [0.3, 0.4) is 0 Å². The summed E-state index contributed by atoms with van der Waals surface area (Å²) in [6.45, 7) is 6.28. The molecule has 1 aliphatic rings. The molecule has 3 heterocycles. The average Bonchev–Trinajstić information content (AvgIpc) is 3.16. The quantitative estimate of drug-likeness (QED) is 0.907. The Hall–Kier alpha value is -2.28. The van der Waals surface area contributed by atoms with Crippen molar-refractivity contribution in [3.8, 4) is 0 Å². The van der Waals surface area contributed by atoms with E-state index in [0.717, 1.165) is 37.4 Å². The number of hydrogen-bond donors (Lipinski definition) is 1. The minimum Gasteiger partial charge on any atom is -0.309 e. The average molecular weight is 314 g/mol. The zero-order chi connectivity index (χ0) is 16.2. The summed E-state index contributed by atoms with van der Waals surface area (Å²) in [5, 5.41) is 7.12. The van der Waals surface area contributed by atoms with Crippen molar-refractivity contribution in [3.05, 3.63) is 36.0 Å². The molecule has 0 saturated carbocycles. The van der Waals surface area contributed by atoms with Gasteiger partial charge < -0.3 is 5.32 Å². The maximum absolute atomic E-state index is 12.6. The number of nitrogens with zero attached hydrogens (tertiary/aromatic N) is 5. The Morgan fingerprint density at radius 3 is 3.09 bits per heavy atom. The molecule has 0 radical (unpaired) electrons. The van der Waals surface area contributed by atoms with Gasteiger partial charge in [0, 0.05) is 12.2 Å². The Morgan fingerprint density at radius 2 is 2.30 bits per heavy atom. The first-order valence-corrected chi connectivity index (χ1v) is 8.02. The van der Waals surface area contributed by atoms with Gasteiger partial charge in [-0.1, -0.05) is 6.07 Å². The summed E-state index contributed by atoms with van der Waals surface area (Å²) in [6.07, 6.45) is 3.44. The molecule has 1 amide bonds. The number of rotatable bonds is 5. The number of aryl methyl sites for hydroxylation is 2. The van der Waals surface area contributed by atoms with Crippen molar-refractivity contribution in [2.75, 3.05) is 11.9 Å². The lowest BCUT2D eigenvalue weighted by atomic mass is 10.2. The van der Waals surface area contributed by atoms with Gasteiger partial charge in [-0.05, 0) is 45.4 Å². The standard InChI is InChI=1S/C16H22N6O/c1-3-22-15(17-11-18-22)10-21-9-5-7-13(21)16(23)20-14-8-4-6-12(2)19-14/h4,6,8,11,13H,3,5,7,9-10H2,1-2H3,(H,19,20,23)/t13-/m0/s1. The van der Waals surface area contributed by atoms with Gasteiger partial charge in [-0.3, -0.25) is 9.69 Å². The Labute approximate surface area is 135 Å². The molecule has 1 atom stereocenters. The molecule has 1 aliphatic heterocycles. The number of hydrogen-bond acceptors (Lipinski definition) is 5. The summed E-state index contributed by atoms with van der Waals surface area (Å²) in [7, 11) is 0. The molecule has 2 aromatic rings. The van der Waals surface area contributed by atoms with Crippen molar-refractivity contribution in [2.24, 2.45) is 0 Å². The Morgan fingerprint density at radius 1 is 1.43 bits per heavy atom. The highest BCUT2D eigenvalue weighted by Gasteiger charge is 2.31. The summed E-state index contributed by atoms with van der Waals surface area (Å²) >= 11 is 0. The van der Waals surface area contributed by atoms with Crippen molar-refractivity contribution in [2.45, 2.75) is 45.8 Å². The number of likely N-dealkylation sites (tertiary alicyclic amines) is 1. The molecule has 2 aromatic heterocycles. The molecule has 0 unspecified atom stereocenters. The van der Waals surface area contributed by atoms with Crippen LogP contribution in [0.4, 0.5) is 5.82 Å². The summed E-state index contributed by atoms with van der Waals surface area (Å²) < 4.78 is 1.87. The first-order valence-electron chi connectivity index (χ1n) is 8.02. The number of nitrogens with one attached hydrogen (secondary N) is 1. The summed E-state index contributed by atoms with van der Waals surface area (Å²) in [6, 6.07) is 5.49.